The Morgan fingerprint density at radius 2 is 2.11 bits per heavy atom. The van der Waals surface area contributed by atoms with Gasteiger partial charge in [-0.25, -0.2) is 4.98 Å². The largest absolute Gasteiger partial charge is 0.395 e. The van der Waals surface area contributed by atoms with Crippen LogP contribution in [0.25, 0.3) is 0 Å². The van der Waals surface area contributed by atoms with Gasteiger partial charge in [0.1, 0.15) is 11.3 Å². The molecule has 2 unspecified atom stereocenters. The number of aromatic nitrogens is 3. The smallest absolute Gasteiger partial charge is 0.259 e. The second kappa shape index (κ2) is 8.28. The van der Waals surface area contributed by atoms with Crippen LogP contribution < -0.4 is 10.2 Å². The number of aliphatic hydroxyl groups excluding tert-OH is 1. The summed E-state index contributed by atoms with van der Waals surface area (Å²) < 4.78 is 0. The summed E-state index contributed by atoms with van der Waals surface area (Å²) in [6, 6.07) is 4.43. The van der Waals surface area contributed by atoms with E-state index in [-0.39, 0.29) is 12.5 Å². The molecule has 27 heavy (non-hydrogen) atoms. The lowest BCUT2D eigenvalue weighted by Crippen LogP contribution is -2.43. The number of hydrogen-bond acceptors (Lipinski definition) is 8. The van der Waals surface area contributed by atoms with Crippen molar-refractivity contribution >= 4 is 28.2 Å². The normalized spacial score (nSPS) is 23.1. The van der Waals surface area contributed by atoms with Crippen LogP contribution >= 0.6 is 11.3 Å². The first kappa shape index (κ1) is 18.3. The molecule has 8 nitrogen and oxygen atoms in total. The van der Waals surface area contributed by atoms with Crippen molar-refractivity contribution in [2.45, 2.75) is 37.8 Å². The molecule has 0 bridgehead atoms. The summed E-state index contributed by atoms with van der Waals surface area (Å²) in [6.07, 6.45) is 6.14. The number of amides is 1. The Hall–Kier alpha value is -2.10. The third-order valence-electron chi connectivity index (χ3n) is 5.42. The van der Waals surface area contributed by atoms with E-state index in [1.807, 2.05) is 6.07 Å². The number of carbonyl (C=O) groups is 1. The van der Waals surface area contributed by atoms with Gasteiger partial charge in [-0.3, -0.25) is 15.0 Å². The molecule has 9 heteroatoms. The van der Waals surface area contributed by atoms with E-state index in [1.54, 1.807) is 17.8 Å². The van der Waals surface area contributed by atoms with Gasteiger partial charge in [-0.2, -0.15) is 0 Å². The van der Waals surface area contributed by atoms with Crippen molar-refractivity contribution < 1.29 is 9.90 Å². The van der Waals surface area contributed by atoms with Crippen molar-refractivity contribution in [2.24, 2.45) is 0 Å². The first-order valence-corrected chi connectivity index (χ1v) is 10.3. The molecule has 2 N–H and O–H groups in total. The lowest BCUT2D eigenvalue weighted by atomic mass is 10.1. The topological polar surface area (TPSA) is 94.5 Å². The van der Waals surface area contributed by atoms with Gasteiger partial charge >= 0.3 is 0 Å². The summed E-state index contributed by atoms with van der Waals surface area (Å²) in [7, 11) is 0. The zero-order valence-electron chi connectivity index (χ0n) is 15.1. The fourth-order valence-electron chi connectivity index (χ4n) is 4.03. The average molecular weight is 388 g/mol. The second-order valence-electron chi connectivity index (χ2n) is 7.07. The van der Waals surface area contributed by atoms with E-state index in [0.29, 0.717) is 22.8 Å². The Bertz CT molecular complexity index is 754. The molecule has 0 spiro atoms. The maximum atomic E-state index is 12.3. The van der Waals surface area contributed by atoms with Crippen molar-refractivity contribution in [1.82, 2.24) is 20.1 Å². The van der Waals surface area contributed by atoms with Crippen LogP contribution in [0.5, 0.6) is 0 Å². The summed E-state index contributed by atoms with van der Waals surface area (Å²) in [5.41, 5.74) is 2.08. The number of likely N-dealkylation sites (tertiary alicyclic amines) is 1. The number of pyridine rings is 1. The van der Waals surface area contributed by atoms with Crippen LogP contribution in [0.3, 0.4) is 0 Å². The van der Waals surface area contributed by atoms with Crippen LogP contribution in [0.1, 0.15) is 36.0 Å². The van der Waals surface area contributed by atoms with Crippen LogP contribution in [-0.2, 0) is 0 Å². The van der Waals surface area contributed by atoms with E-state index in [9.17, 15) is 9.90 Å². The summed E-state index contributed by atoms with van der Waals surface area (Å²) >= 11 is 1.28. The second-order valence-corrected chi connectivity index (χ2v) is 7.90. The van der Waals surface area contributed by atoms with Gasteiger partial charge in [-0.05, 0) is 44.4 Å². The molecule has 2 aromatic rings. The van der Waals surface area contributed by atoms with Crippen LogP contribution in [0, 0.1) is 0 Å². The van der Waals surface area contributed by atoms with Crippen LogP contribution in [-0.4, -0.2) is 69.4 Å². The van der Waals surface area contributed by atoms with Gasteiger partial charge < -0.3 is 10.0 Å². The highest BCUT2D eigenvalue weighted by molar-refractivity contribution is 7.13. The van der Waals surface area contributed by atoms with Gasteiger partial charge in [0.25, 0.3) is 5.91 Å². The monoisotopic (exact) mass is 388 g/mol. The Labute approximate surface area is 162 Å². The molecule has 2 aliphatic rings. The fourth-order valence-corrected chi connectivity index (χ4v) is 4.47. The summed E-state index contributed by atoms with van der Waals surface area (Å²) in [5, 5.41) is 20.3. The van der Waals surface area contributed by atoms with Crippen molar-refractivity contribution in [1.29, 1.82) is 0 Å². The lowest BCUT2D eigenvalue weighted by Gasteiger charge is -2.32. The number of aliphatic hydroxyl groups is 1. The van der Waals surface area contributed by atoms with Gasteiger partial charge in [0.05, 0.1) is 12.2 Å². The minimum atomic E-state index is -0.230. The van der Waals surface area contributed by atoms with Gasteiger partial charge in [0.15, 0.2) is 0 Å². The third-order valence-corrected chi connectivity index (χ3v) is 6.02. The molecule has 4 heterocycles. The molecule has 4 rings (SSSR count). The number of hydrogen-bond donors (Lipinski definition) is 2. The molecule has 2 aliphatic heterocycles. The van der Waals surface area contributed by atoms with Crippen LogP contribution in [0.4, 0.5) is 10.9 Å². The highest BCUT2D eigenvalue weighted by atomic mass is 32.1. The molecule has 0 radical (unpaired) electrons. The molecule has 0 aromatic carbocycles. The summed E-state index contributed by atoms with van der Waals surface area (Å²) in [4.78, 5) is 21.5. The SMILES string of the molecule is O=C(Nc1nncs1)c1ccc(N2CCCC2CN2CCCC2CO)nc1. The molecule has 0 saturated carbocycles. The lowest BCUT2D eigenvalue weighted by molar-refractivity contribution is 0.102. The Morgan fingerprint density at radius 1 is 1.26 bits per heavy atom. The van der Waals surface area contributed by atoms with Crippen LogP contribution in [0.15, 0.2) is 23.8 Å². The molecule has 2 atom stereocenters. The maximum Gasteiger partial charge on any atom is 0.259 e. The Balaban J connectivity index is 1.40. The molecule has 144 valence electrons. The van der Waals surface area contributed by atoms with Gasteiger partial charge in [-0.1, -0.05) is 11.3 Å². The van der Waals surface area contributed by atoms with E-state index in [2.05, 4.69) is 30.3 Å². The zero-order chi connectivity index (χ0) is 18.6. The molecule has 0 aliphatic carbocycles. The highest BCUT2D eigenvalue weighted by Crippen LogP contribution is 2.27. The number of anilines is 2. The quantitative estimate of drug-likeness (QED) is 0.776. The first-order valence-electron chi connectivity index (χ1n) is 9.39. The number of nitrogens with one attached hydrogen (secondary N) is 1. The number of nitrogens with zero attached hydrogens (tertiary/aromatic N) is 5. The van der Waals surface area contributed by atoms with E-state index in [1.165, 1.54) is 11.3 Å². The minimum absolute atomic E-state index is 0.230. The molecule has 2 saturated heterocycles. The summed E-state index contributed by atoms with van der Waals surface area (Å²) in [6.45, 7) is 3.24. The predicted octanol–water partition coefficient (Wildman–Crippen LogP) is 1.61. The van der Waals surface area contributed by atoms with E-state index in [0.717, 1.165) is 51.1 Å². The highest BCUT2D eigenvalue weighted by Gasteiger charge is 2.31. The van der Waals surface area contributed by atoms with Crippen molar-refractivity contribution in [3.05, 3.63) is 29.4 Å². The van der Waals surface area contributed by atoms with Crippen molar-refractivity contribution in [3.63, 3.8) is 0 Å². The van der Waals surface area contributed by atoms with Crippen LogP contribution in [0.2, 0.25) is 0 Å². The molecule has 2 aromatic heterocycles. The van der Waals surface area contributed by atoms with E-state index < -0.39 is 0 Å². The van der Waals surface area contributed by atoms with Gasteiger partial charge in [0, 0.05) is 31.4 Å². The van der Waals surface area contributed by atoms with Gasteiger partial charge in [0.2, 0.25) is 5.13 Å². The number of rotatable bonds is 6. The molecule has 2 fully saturated rings. The Morgan fingerprint density at radius 3 is 2.85 bits per heavy atom. The third kappa shape index (κ3) is 4.10. The molecule has 1 amide bonds. The van der Waals surface area contributed by atoms with E-state index >= 15 is 0 Å². The standard InChI is InChI=1S/C18H24N6O2S/c25-11-15-4-1-7-23(15)10-14-3-2-8-24(14)16-6-5-13(9-19-16)17(26)21-18-22-20-12-27-18/h5-6,9,12,14-15,25H,1-4,7-8,10-11H2,(H,21,22,26). The zero-order valence-corrected chi connectivity index (χ0v) is 15.9. The van der Waals surface area contributed by atoms with Crippen molar-refractivity contribution in [2.75, 3.05) is 36.5 Å². The van der Waals surface area contributed by atoms with Gasteiger partial charge in [-0.15, -0.1) is 10.2 Å². The fraction of sp³-hybridized carbons (Fsp3) is 0.556. The minimum Gasteiger partial charge on any atom is -0.395 e. The number of carbonyl (C=O) groups excluding carboxylic acids is 1. The average Bonchev–Trinajstić information content (AvgIpc) is 3.44. The first-order chi connectivity index (χ1) is 13.2. The maximum absolute atomic E-state index is 12.3. The van der Waals surface area contributed by atoms with E-state index in [4.69, 9.17) is 0 Å². The molecular weight excluding hydrogens is 364 g/mol. The Kier molecular flexibility index (Phi) is 5.61. The molecular formula is C18H24N6O2S. The van der Waals surface area contributed by atoms with Crippen molar-refractivity contribution in [3.8, 4) is 0 Å². The summed E-state index contributed by atoms with van der Waals surface area (Å²) in [5.74, 6) is 0.677. The predicted molar refractivity (Wildman–Crippen MR) is 104 cm³/mol.